The van der Waals surface area contributed by atoms with E-state index >= 15 is 0 Å². The van der Waals surface area contributed by atoms with Crippen molar-refractivity contribution in [3.63, 3.8) is 0 Å². The lowest BCUT2D eigenvalue weighted by molar-refractivity contribution is 0.585. The quantitative estimate of drug-likeness (QED) is 0.577. The van der Waals surface area contributed by atoms with Crippen molar-refractivity contribution in [2.24, 2.45) is 0 Å². The summed E-state index contributed by atoms with van der Waals surface area (Å²) in [6.45, 7) is 3.78. The Morgan fingerprint density at radius 3 is 2.54 bits per heavy atom. The summed E-state index contributed by atoms with van der Waals surface area (Å²) in [5, 5.41) is 7.99. The molecule has 0 saturated carbocycles. The molecule has 0 unspecified atom stereocenters. The maximum absolute atomic E-state index is 12.7. The van der Waals surface area contributed by atoms with Gasteiger partial charge in [0.1, 0.15) is 5.82 Å². The van der Waals surface area contributed by atoms with E-state index in [2.05, 4.69) is 25.3 Å². The van der Waals surface area contributed by atoms with Crippen LogP contribution in [0.5, 0.6) is 0 Å². The molecule has 1 aliphatic heterocycles. The van der Waals surface area contributed by atoms with E-state index in [4.69, 9.17) is 0 Å². The number of hydrogen-bond acceptors (Lipinski definition) is 5. The molecule has 26 heavy (non-hydrogen) atoms. The molecule has 0 spiro atoms. The number of nitrogens with one attached hydrogen (secondary N) is 2. The summed E-state index contributed by atoms with van der Waals surface area (Å²) in [5.41, 5.74) is 2.30. The van der Waals surface area contributed by atoms with Crippen LogP contribution in [0.4, 0.5) is 5.82 Å². The predicted octanol–water partition coefficient (Wildman–Crippen LogP) is 1.67. The molecule has 0 radical (unpaired) electrons. The average Bonchev–Trinajstić information content (AvgIpc) is 3.06. The SMILES string of the molecule is O=c1c2cnc3cc(N4CCNCC4)ncc3c2[nH]n1-c1ccccc1. The largest absolute Gasteiger partial charge is 0.354 e. The molecule has 4 heterocycles. The first-order valence-electron chi connectivity index (χ1n) is 8.72. The molecule has 3 aromatic heterocycles. The van der Waals surface area contributed by atoms with E-state index in [9.17, 15) is 4.79 Å². The summed E-state index contributed by atoms with van der Waals surface area (Å²) in [4.78, 5) is 24.1. The summed E-state index contributed by atoms with van der Waals surface area (Å²) in [6.07, 6.45) is 3.46. The zero-order chi connectivity index (χ0) is 17.5. The lowest BCUT2D eigenvalue weighted by Gasteiger charge is -2.28. The monoisotopic (exact) mass is 346 g/mol. The number of piperazine rings is 1. The maximum Gasteiger partial charge on any atom is 0.280 e. The Balaban J connectivity index is 1.67. The molecule has 5 rings (SSSR count). The van der Waals surface area contributed by atoms with Gasteiger partial charge in [0.05, 0.1) is 22.1 Å². The normalized spacial score (nSPS) is 15.0. The molecule has 1 fully saturated rings. The molecule has 1 saturated heterocycles. The Bertz CT molecular complexity index is 1140. The highest BCUT2D eigenvalue weighted by molar-refractivity contribution is 6.02. The third kappa shape index (κ3) is 2.36. The molecule has 0 atom stereocenters. The lowest BCUT2D eigenvalue weighted by atomic mass is 10.2. The molecule has 7 heteroatoms. The number of fused-ring (bicyclic) bond motifs is 3. The van der Waals surface area contributed by atoms with Gasteiger partial charge in [-0.15, -0.1) is 0 Å². The standard InChI is InChI=1S/C19H18N6O/c26-19-15-12-21-16-10-17(24-8-6-20-7-9-24)22-11-14(16)18(15)23-25(19)13-4-2-1-3-5-13/h1-5,10-12,20,23H,6-9H2. The van der Waals surface area contributed by atoms with E-state index in [1.54, 1.807) is 10.9 Å². The second kappa shape index (κ2) is 5.96. The number of nitrogens with zero attached hydrogens (tertiary/aromatic N) is 4. The van der Waals surface area contributed by atoms with Gasteiger partial charge in [0.15, 0.2) is 0 Å². The van der Waals surface area contributed by atoms with Crippen LogP contribution in [0, 0.1) is 0 Å². The van der Waals surface area contributed by atoms with Gasteiger partial charge in [0.25, 0.3) is 5.56 Å². The first-order chi connectivity index (χ1) is 12.8. The molecule has 1 aromatic carbocycles. The molecule has 1 aliphatic rings. The van der Waals surface area contributed by atoms with Crippen LogP contribution < -0.4 is 15.8 Å². The number of hydrogen-bond donors (Lipinski definition) is 2. The minimum atomic E-state index is -0.105. The summed E-state index contributed by atoms with van der Waals surface area (Å²) in [5.74, 6) is 0.927. The fraction of sp³-hybridized carbons (Fsp3) is 0.211. The molecular formula is C19H18N6O. The summed E-state index contributed by atoms with van der Waals surface area (Å²) in [6, 6.07) is 11.5. The first kappa shape index (κ1) is 15.1. The van der Waals surface area contributed by atoms with Gasteiger partial charge in [0, 0.05) is 50.0 Å². The zero-order valence-electron chi connectivity index (χ0n) is 14.1. The van der Waals surface area contributed by atoms with E-state index in [0.29, 0.717) is 5.39 Å². The number of aromatic amines is 1. The average molecular weight is 346 g/mol. The van der Waals surface area contributed by atoms with Crippen molar-refractivity contribution < 1.29 is 0 Å². The van der Waals surface area contributed by atoms with Crippen LogP contribution in [0.3, 0.4) is 0 Å². The van der Waals surface area contributed by atoms with Crippen molar-refractivity contribution in [1.82, 2.24) is 25.1 Å². The van der Waals surface area contributed by atoms with Crippen molar-refractivity contribution in [3.8, 4) is 5.69 Å². The second-order valence-corrected chi connectivity index (χ2v) is 6.43. The maximum atomic E-state index is 12.7. The predicted molar refractivity (Wildman–Crippen MR) is 102 cm³/mol. The molecular weight excluding hydrogens is 328 g/mol. The third-order valence-corrected chi connectivity index (χ3v) is 4.85. The van der Waals surface area contributed by atoms with Gasteiger partial charge in [-0.2, -0.15) is 0 Å². The number of rotatable bonds is 2. The Hall–Kier alpha value is -3.19. The topological polar surface area (TPSA) is 78.8 Å². The Morgan fingerprint density at radius 1 is 0.962 bits per heavy atom. The molecule has 130 valence electrons. The molecule has 0 aliphatic carbocycles. The number of pyridine rings is 2. The van der Waals surface area contributed by atoms with Crippen LogP contribution in [0.2, 0.25) is 0 Å². The van der Waals surface area contributed by atoms with Gasteiger partial charge in [-0.25, -0.2) is 9.67 Å². The Labute approximate surface area is 149 Å². The van der Waals surface area contributed by atoms with Crippen LogP contribution in [0.15, 0.2) is 53.6 Å². The zero-order valence-corrected chi connectivity index (χ0v) is 14.1. The fourth-order valence-electron chi connectivity index (χ4n) is 3.47. The fourth-order valence-corrected chi connectivity index (χ4v) is 3.47. The van der Waals surface area contributed by atoms with Crippen LogP contribution in [-0.2, 0) is 0 Å². The molecule has 0 bridgehead atoms. The highest BCUT2D eigenvalue weighted by atomic mass is 16.1. The van der Waals surface area contributed by atoms with Gasteiger partial charge in [-0.3, -0.25) is 14.9 Å². The van der Waals surface area contributed by atoms with Gasteiger partial charge >= 0.3 is 0 Å². The van der Waals surface area contributed by atoms with E-state index < -0.39 is 0 Å². The van der Waals surface area contributed by atoms with Crippen molar-refractivity contribution in [2.45, 2.75) is 0 Å². The van der Waals surface area contributed by atoms with Crippen LogP contribution >= 0.6 is 0 Å². The van der Waals surface area contributed by atoms with Crippen molar-refractivity contribution in [2.75, 3.05) is 31.1 Å². The number of H-pyrrole nitrogens is 1. The van der Waals surface area contributed by atoms with Crippen molar-refractivity contribution >= 4 is 27.6 Å². The number of anilines is 1. The summed E-state index contributed by atoms with van der Waals surface area (Å²) < 4.78 is 1.55. The lowest BCUT2D eigenvalue weighted by Crippen LogP contribution is -2.43. The second-order valence-electron chi connectivity index (χ2n) is 6.43. The highest BCUT2D eigenvalue weighted by Crippen LogP contribution is 2.23. The molecule has 2 N–H and O–H groups in total. The number of benzene rings is 1. The Kier molecular flexibility index (Phi) is 3.46. The molecule has 0 amide bonds. The van der Waals surface area contributed by atoms with E-state index in [0.717, 1.165) is 54.1 Å². The van der Waals surface area contributed by atoms with Gasteiger partial charge in [-0.05, 0) is 12.1 Å². The first-order valence-corrected chi connectivity index (χ1v) is 8.72. The van der Waals surface area contributed by atoms with Gasteiger partial charge in [-0.1, -0.05) is 18.2 Å². The number of para-hydroxylation sites is 1. The van der Waals surface area contributed by atoms with Gasteiger partial charge in [0.2, 0.25) is 0 Å². The van der Waals surface area contributed by atoms with Crippen LogP contribution in [0.25, 0.3) is 27.5 Å². The van der Waals surface area contributed by atoms with Crippen molar-refractivity contribution in [3.05, 3.63) is 59.1 Å². The third-order valence-electron chi connectivity index (χ3n) is 4.85. The Morgan fingerprint density at radius 2 is 1.73 bits per heavy atom. The van der Waals surface area contributed by atoms with E-state index in [1.807, 2.05) is 42.6 Å². The highest BCUT2D eigenvalue weighted by Gasteiger charge is 2.15. The number of aromatic nitrogens is 4. The van der Waals surface area contributed by atoms with Crippen LogP contribution in [-0.4, -0.2) is 45.9 Å². The minimum Gasteiger partial charge on any atom is -0.354 e. The smallest absolute Gasteiger partial charge is 0.280 e. The van der Waals surface area contributed by atoms with Gasteiger partial charge < -0.3 is 10.2 Å². The summed E-state index contributed by atoms with van der Waals surface area (Å²) in [7, 11) is 0. The van der Waals surface area contributed by atoms with Crippen LogP contribution in [0.1, 0.15) is 0 Å². The molecule has 4 aromatic rings. The summed E-state index contributed by atoms with van der Waals surface area (Å²) >= 11 is 0. The molecule has 7 nitrogen and oxygen atoms in total. The van der Waals surface area contributed by atoms with Crippen molar-refractivity contribution in [1.29, 1.82) is 0 Å². The van der Waals surface area contributed by atoms with E-state index in [-0.39, 0.29) is 5.56 Å². The van der Waals surface area contributed by atoms with E-state index in [1.165, 1.54) is 0 Å². The minimum absolute atomic E-state index is 0.105.